The van der Waals surface area contributed by atoms with E-state index in [2.05, 4.69) is 10.3 Å². The molecule has 2 aromatic heterocycles. The molecule has 0 aliphatic heterocycles. The van der Waals surface area contributed by atoms with Gasteiger partial charge >= 0.3 is 6.18 Å². The van der Waals surface area contributed by atoms with Gasteiger partial charge in [-0.3, -0.25) is 4.68 Å². The molecular formula is C19H24F3N3O3. The summed E-state index contributed by atoms with van der Waals surface area (Å²) in [7, 11) is 0. The van der Waals surface area contributed by atoms with Gasteiger partial charge in [-0.15, -0.1) is 0 Å². The number of rotatable bonds is 2. The van der Waals surface area contributed by atoms with Crippen LogP contribution in [0.1, 0.15) is 75.4 Å². The van der Waals surface area contributed by atoms with E-state index in [0.29, 0.717) is 37.3 Å². The van der Waals surface area contributed by atoms with E-state index in [4.69, 9.17) is 4.52 Å². The quantitative estimate of drug-likeness (QED) is 0.802. The molecule has 0 bridgehead atoms. The normalized spacial score (nSPS) is 29.9. The molecule has 1 saturated carbocycles. The summed E-state index contributed by atoms with van der Waals surface area (Å²) in [6, 6.07) is 0.130. The number of hydrogen-bond acceptors (Lipinski definition) is 5. The summed E-state index contributed by atoms with van der Waals surface area (Å²) in [5.41, 5.74) is -2.54. The van der Waals surface area contributed by atoms with Gasteiger partial charge in [0.1, 0.15) is 5.69 Å². The SMILES string of the molecule is C[C@@H]1Cc2nn(C3CCC(C)(O)CC3)cc2-c2onc([C@@](C)(O)C(F)(F)F)c21. The minimum absolute atomic E-state index is 0.130. The van der Waals surface area contributed by atoms with E-state index in [0.717, 1.165) is 18.5 Å². The number of alkyl halides is 3. The molecule has 1 fully saturated rings. The summed E-state index contributed by atoms with van der Waals surface area (Å²) < 4.78 is 47.1. The predicted octanol–water partition coefficient (Wildman–Crippen LogP) is 3.83. The van der Waals surface area contributed by atoms with Crippen molar-refractivity contribution in [1.29, 1.82) is 0 Å². The third-order valence-corrected chi connectivity index (χ3v) is 6.19. The first-order chi connectivity index (χ1) is 12.9. The highest BCUT2D eigenvalue weighted by atomic mass is 19.4. The average molecular weight is 399 g/mol. The van der Waals surface area contributed by atoms with Gasteiger partial charge in [0.2, 0.25) is 5.60 Å². The molecule has 2 aromatic rings. The van der Waals surface area contributed by atoms with Gasteiger partial charge in [0, 0.05) is 11.8 Å². The van der Waals surface area contributed by atoms with Gasteiger partial charge in [-0.25, -0.2) is 0 Å². The Labute approximate surface area is 160 Å². The molecule has 2 heterocycles. The molecule has 9 heteroatoms. The minimum Gasteiger partial charge on any atom is -0.390 e. The monoisotopic (exact) mass is 399 g/mol. The molecule has 2 atom stereocenters. The van der Waals surface area contributed by atoms with Gasteiger partial charge in [0.15, 0.2) is 5.76 Å². The molecule has 6 nitrogen and oxygen atoms in total. The topological polar surface area (TPSA) is 84.3 Å². The molecule has 2 N–H and O–H groups in total. The second-order valence-electron chi connectivity index (χ2n) is 8.65. The molecule has 0 amide bonds. The molecular weight excluding hydrogens is 375 g/mol. The lowest BCUT2D eigenvalue weighted by molar-refractivity contribution is -0.261. The van der Waals surface area contributed by atoms with E-state index < -0.39 is 23.1 Å². The fourth-order valence-corrected chi connectivity index (χ4v) is 4.27. The number of nitrogens with zero attached hydrogens (tertiary/aromatic N) is 3. The third kappa shape index (κ3) is 2.95. The molecule has 154 valence electrons. The van der Waals surface area contributed by atoms with Gasteiger partial charge in [0.25, 0.3) is 0 Å². The lowest BCUT2D eigenvalue weighted by atomic mass is 9.82. The Morgan fingerprint density at radius 3 is 2.54 bits per heavy atom. The van der Waals surface area contributed by atoms with Gasteiger partial charge in [-0.2, -0.15) is 18.3 Å². The van der Waals surface area contributed by atoms with E-state index in [1.807, 2.05) is 11.6 Å². The van der Waals surface area contributed by atoms with Crippen molar-refractivity contribution in [2.24, 2.45) is 0 Å². The molecule has 0 spiro atoms. The van der Waals surface area contributed by atoms with Gasteiger partial charge in [-0.1, -0.05) is 12.1 Å². The van der Waals surface area contributed by atoms with E-state index >= 15 is 0 Å². The van der Waals surface area contributed by atoms with Crippen LogP contribution in [-0.4, -0.2) is 36.9 Å². The first-order valence-corrected chi connectivity index (χ1v) is 9.50. The summed E-state index contributed by atoms with van der Waals surface area (Å²) >= 11 is 0. The van der Waals surface area contributed by atoms with Crippen molar-refractivity contribution < 1.29 is 27.9 Å². The van der Waals surface area contributed by atoms with E-state index in [-0.39, 0.29) is 17.7 Å². The zero-order chi connectivity index (χ0) is 20.5. The Kier molecular flexibility index (Phi) is 4.21. The molecule has 0 radical (unpaired) electrons. The molecule has 0 unspecified atom stereocenters. The maximum atomic E-state index is 13.3. The number of aliphatic hydroxyl groups is 2. The van der Waals surface area contributed by atoms with Crippen LogP contribution in [0.15, 0.2) is 10.7 Å². The van der Waals surface area contributed by atoms with Gasteiger partial charge in [0.05, 0.1) is 22.9 Å². The summed E-state index contributed by atoms with van der Waals surface area (Å²) in [6.07, 6.45) is 0.279. The second kappa shape index (κ2) is 6.06. The molecule has 2 aliphatic carbocycles. The smallest absolute Gasteiger partial charge is 0.390 e. The van der Waals surface area contributed by atoms with Crippen LogP contribution in [0.25, 0.3) is 11.3 Å². The summed E-state index contributed by atoms with van der Waals surface area (Å²) in [6.45, 7) is 4.31. The Balaban J connectivity index is 1.71. The van der Waals surface area contributed by atoms with Crippen molar-refractivity contribution in [3.05, 3.63) is 23.1 Å². The predicted molar refractivity (Wildman–Crippen MR) is 93.6 cm³/mol. The molecule has 0 aromatic carbocycles. The van der Waals surface area contributed by atoms with Crippen molar-refractivity contribution in [2.45, 2.75) is 82.2 Å². The standard InChI is InChI=1S/C19H24F3N3O3/c1-10-8-13-12(9-25(23-13)11-4-6-17(2,26)7-5-11)15-14(10)16(24-28-15)18(3,27)19(20,21)22/h9-11,26-27H,4-8H2,1-3H3/t10-,11?,17?,18-/m1/s1. The zero-order valence-electron chi connectivity index (χ0n) is 16.0. The van der Waals surface area contributed by atoms with Crippen LogP contribution in [0.2, 0.25) is 0 Å². The van der Waals surface area contributed by atoms with E-state index in [1.165, 1.54) is 0 Å². The van der Waals surface area contributed by atoms with Crippen molar-refractivity contribution in [3.63, 3.8) is 0 Å². The van der Waals surface area contributed by atoms with Crippen LogP contribution in [0, 0.1) is 0 Å². The summed E-state index contributed by atoms with van der Waals surface area (Å²) in [5.74, 6) is -0.0599. The van der Waals surface area contributed by atoms with Crippen LogP contribution in [-0.2, 0) is 12.0 Å². The fraction of sp³-hybridized carbons (Fsp3) is 0.684. The van der Waals surface area contributed by atoms with Crippen molar-refractivity contribution in [1.82, 2.24) is 14.9 Å². The Bertz CT molecular complexity index is 888. The maximum Gasteiger partial charge on any atom is 0.422 e. The van der Waals surface area contributed by atoms with Crippen LogP contribution in [0.3, 0.4) is 0 Å². The number of fused-ring (bicyclic) bond motifs is 3. The third-order valence-electron chi connectivity index (χ3n) is 6.19. The van der Waals surface area contributed by atoms with E-state index in [9.17, 15) is 23.4 Å². The molecule has 4 rings (SSSR count). The lowest BCUT2D eigenvalue weighted by Gasteiger charge is -2.33. The highest BCUT2D eigenvalue weighted by Crippen LogP contribution is 2.48. The molecule has 0 saturated heterocycles. The Morgan fingerprint density at radius 2 is 1.93 bits per heavy atom. The Hall–Kier alpha value is -1.87. The number of hydrogen-bond donors (Lipinski definition) is 2. The zero-order valence-corrected chi connectivity index (χ0v) is 16.0. The number of aromatic nitrogens is 3. The fourth-order valence-electron chi connectivity index (χ4n) is 4.27. The first kappa shape index (κ1) is 19.4. The second-order valence-corrected chi connectivity index (χ2v) is 8.65. The lowest BCUT2D eigenvalue weighted by Crippen LogP contribution is -2.40. The van der Waals surface area contributed by atoms with Crippen LogP contribution < -0.4 is 0 Å². The van der Waals surface area contributed by atoms with Crippen molar-refractivity contribution >= 4 is 0 Å². The van der Waals surface area contributed by atoms with Crippen molar-refractivity contribution in [2.75, 3.05) is 0 Å². The van der Waals surface area contributed by atoms with E-state index in [1.54, 1.807) is 13.1 Å². The average Bonchev–Trinajstić information content (AvgIpc) is 3.18. The molecule has 2 aliphatic rings. The van der Waals surface area contributed by atoms with Gasteiger partial charge < -0.3 is 14.7 Å². The van der Waals surface area contributed by atoms with Gasteiger partial charge in [-0.05, 0) is 51.9 Å². The highest BCUT2D eigenvalue weighted by molar-refractivity contribution is 5.68. The molecule has 28 heavy (non-hydrogen) atoms. The minimum atomic E-state index is -4.86. The largest absolute Gasteiger partial charge is 0.422 e. The first-order valence-electron chi connectivity index (χ1n) is 9.50. The maximum absolute atomic E-state index is 13.3. The van der Waals surface area contributed by atoms with Crippen molar-refractivity contribution in [3.8, 4) is 11.3 Å². The summed E-state index contributed by atoms with van der Waals surface area (Å²) in [4.78, 5) is 0. The van der Waals surface area contributed by atoms with Crippen LogP contribution >= 0.6 is 0 Å². The summed E-state index contributed by atoms with van der Waals surface area (Å²) in [5, 5.41) is 28.5. The van der Waals surface area contributed by atoms with Crippen LogP contribution in [0.5, 0.6) is 0 Å². The number of halogens is 3. The Morgan fingerprint density at radius 1 is 1.29 bits per heavy atom. The highest BCUT2D eigenvalue weighted by Gasteiger charge is 2.55. The van der Waals surface area contributed by atoms with Crippen LogP contribution in [0.4, 0.5) is 13.2 Å².